The van der Waals surface area contributed by atoms with E-state index in [9.17, 15) is 4.79 Å². The van der Waals surface area contributed by atoms with E-state index in [0.717, 1.165) is 6.42 Å². The van der Waals surface area contributed by atoms with E-state index in [1.165, 1.54) is 0 Å². The third-order valence-electron chi connectivity index (χ3n) is 1.02. The molecule has 0 unspecified atom stereocenters. The third kappa shape index (κ3) is 7.06. The van der Waals surface area contributed by atoms with Gasteiger partial charge in [0.1, 0.15) is 0 Å². The van der Waals surface area contributed by atoms with Gasteiger partial charge in [-0.1, -0.05) is 39.0 Å². The second kappa shape index (κ2) is 9.95. The van der Waals surface area contributed by atoms with Crippen LogP contribution >= 0.6 is 0 Å². The van der Waals surface area contributed by atoms with Crippen LogP contribution in [0, 0.1) is 0 Å². The zero-order valence-corrected chi connectivity index (χ0v) is 8.29. The van der Waals surface area contributed by atoms with E-state index in [-0.39, 0.29) is 0 Å². The highest BCUT2D eigenvalue weighted by molar-refractivity contribution is 5.89. The normalized spacial score (nSPS) is 10.8. The molecule has 1 N–H and O–H groups in total. The van der Waals surface area contributed by atoms with Gasteiger partial charge in [-0.05, 0) is 13.3 Å². The first kappa shape index (κ1) is 13.5. The van der Waals surface area contributed by atoms with E-state index >= 15 is 0 Å². The molecule has 0 atom stereocenters. The average Bonchev–Trinajstić information content (AvgIpc) is 2.08. The van der Waals surface area contributed by atoms with E-state index in [0.29, 0.717) is 5.57 Å². The van der Waals surface area contributed by atoms with Gasteiger partial charge in [-0.25, -0.2) is 4.79 Å². The van der Waals surface area contributed by atoms with E-state index in [4.69, 9.17) is 5.11 Å². The van der Waals surface area contributed by atoms with Crippen molar-refractivity contribution in [3.05, 3.63) is 23.8 Å². The molecule has 0 radical (unpaired) electrons. The molecular weight excluding hydrogens is 152 g/mol. The van der Waals surface area contributed by atoms with Gasteiger partial charge >= 0.3 is 5.97 Å². The van der Waals surface area contributed by atoms with Crippen molar-refractivity contribution >= 4 is 5.97 Å². The monoisotopic (exact) mass is 170 g/mol. The summed E-state index contributed by atoms with van der Waals surface area (Å²) < 4.78 is 0. The van der Waals surface area contributed by atoms with Crippen molar-refractivity contribution < 1.29 is 9.90 Å². The fourth-order valence-electron chi connectivity index (χ4n) is 0.626. The fraction of sp³-hybridized carbons (Fsp3) is 0.500. The molecule has 12 heavy (non-hydrogen) atoms. The molecule has 2 nitrogen and oxygen atoms in total. The lowest BCUT2D eigenvalue weighted by Gasteiger charge is -1.90. The number of allylic oxidation sites excluding steroid dienone is 2. The molecule has 0 aliphatic carbocycles. The molecule has 0 fully saturated rings. The van der Waals surface area contributed by atoms with Gasteiger partial charge in [-0.2, -0.15) is 0 Å². The molecule has 0 aliphatic rings. The Morgan fingerprint density at radius 1 is 1.42 bits per heavy atom. The van der Waals surface area contributed by atoms with Gasteiger partial charge < -0.3 is 5.11 Å². The lowest BCUT2D eigenvalue weighted by molar-refractivity contribution is -0.132. The Balaban J connectivity index is 0. The van der Waals surface area contributed by atoms with Crippen molar-refractivity contribution in [2.45, 2.75) is 34.1 Å². The van der Waals surface area contributed by atoms with Crippen molar-refractivity contribution in [1.82, 2.24) is 0 Å². The summed E-state index contributed by atoms with van der Waals surface area (Å²) >= 11 is 0. The van der Waals surface area contributed by atoms with Crippen LogP contribution in [-0.2, 0) is 4.79 Å². The summed E-state index contributed by atoms with van der Waals surface area (Å²) in [5.74, 6) is -0.861. The first-order chi connectivity index (χ1) is 5.72. The number of hydrogen-bond acceptors (Lipinski definition) is 1. The van der Waals surface area contributed by atoms with Crippen LogP contribution in [-0.4, -0.2) is 11.1 Å². The van der Waals surface area contributed by atoms with Gasteiger partial charge in [0.2, 0.25) is 0 Å². The van der Waals surface area contributed by atoms with Gasteiger partial charge in [0, 0.05) is 0 Å². The predicted molar refractivity (Wildman–Crippen MR) is 52.2 cm³/mol. The Kier molecular flexibility index (Phi) is 11.2. The minimum atomic E-state index is -0.861. The zero-order chi connectivity index (χ0) is 9.98. The molecule has 70 valence electrons. The summed E-state index contributed by atoms with van der Waals surface area (Å²) in [7, 11) is 0. The number of carboxylic acid groups (broad SMARTS) is 1. The van der Waals surface area contributed by atoms with Gasteiger partial charge in [0.05, 0.1) is 5.57 Å². The molecule has 0 aromatic rings. The molecule has 0 bridgehead atoms. The summed E-state index contributed by atoms with van der Waals surface area (Å²) in [6.45, 7) is 7.71. The molecule has 2 heteroatoms. The van der Waals surface area contributed by atoms with Gasteiger partial charge in [0.25, 0.3) is 0 Å². The maximum atomic E-state index is 10.4. The lowest BCUT2D eigenvalue weighted by atomic mass is 10.2. The van der Waals surface area contributed by atoms with Crippen LogP contribution in [0.1, 0.15) is 34.1 Å². The Morgan fingerprint density at radius 3 is 2.17 bits per heavy atom. The summed E-state index contributed by atoms with van der Waals surface area (Å²) in [4.78, 5) is 10.4. The summed E-state index contributed by atoms with van der Waals surface area (Å²) in [6.07, 6.45) is 5.75. The van der Waals surface area contributed by atoms with E-state index in [2.05, 4.69) is 0 Å². The smallest absolute Gasteiger partial charge is 0.335 e. The van der Waals surface area contributed by atoms with Crippen molar-refractivity contribution in [2.75, 3.05) is 0 Å². The molecule has 0 heterocycles. The second-order valence-corrected chi connectivity index (χ2v) is 1.87. The van der Waals surface area contributed by atoms with Gasteiger partial charge in [0.15, 0.2) is 0 Å². The third-order valence-corrected chi connectivity index (χ3v) is 1.02. The topological polar surface area (TPSA) is 37.3 Å². The molecule has 0 spiro atoms. The average molecular weight is 170 g/mol. The Bertz CT molecular complexity index is 167. The summed E-state index contributed by atoms with van der Waals surface area (Å²) in [5.41, 5.74) is 0.366. The first-order valence-electron chi connectivity index (χ1n) is 4.28. The first-order valence-corrected chi connectivity index (χ1v) is 4.28. The van der Waals surface area contributed by atoms with Crippen molar-refractivity contribution in [3.63, 3.8) is 0 Å². The van der Waals surface area contributed by atoms with Gasteiger partial charge in [-0.3, -0.25) is 0 Å². The van der Waals surface area contributed by atoms with Crippen LogP contribution in [0.25, 0.3) is 0 Å². The minimum absolute atomic E-state index is 0.366. The lowest BCUT2D eigenvalue weighted by Crippen LogP contribution is -1.96. The Hall–Kier alpha value is -1.05. The van der Waals surface area contributed by atoms with Crippen LogP contribution in [0.3, 0.4) is 0 Å². The number of aliphatic carboxylic acids is 1. The SMILES string of the molecule is C/C=C\C(=C/CC)C(=O)O.CC. The standard InChI is InChI=1S/C8H12O2.C2H6/c1-3-5-7(6-4-2)8(9)10;1-2/h3,5-6H,4H2,1-2H3,(H,9,10);1-2H3/b5-3-,7-6+;. The van der Waals surface area contributed by atoms with Crippen molar-refractivity contribution in [1.29, 1.82) is 0 Å². The minimum Gasteiger partial charge on any atom is -0.478 e. The number of hydrogen-bond donors (Lipinski definition) is 1. The fourth-order valence-corrected chi connectivity index (χ4v) is 0.626. The largest absolute Gasteiger partial charge is 0.478 e. The highest BCUT2D eigenvalue weighted by atomic mass is 16.4. The quantitative estimate of drug-likeness (QED) is 0.522. The predicted octanol–water partition coefficient (Wildman–Crippen LogP) is 3.01. The van der Waals surface area contributed by atoms with Crippen LogP contribution < -0.4 is 0 Å². The van der Waals surface area contributed by atoms with E-state index < -0.39 is 5.97 Å². The maximum Gasteiger partial charge on any atom is 0.335 e. The second-order valence-electron chi connectivity index (χ2n) is 1.87. The van der Waals surface area contributed by atoms with Crippen LogP contribution in [0.2, 0.25) is 0 Å². The highest BCUT2D eigenvalue weighted by Crippen LogP contribution is 1.98. The summed E-state index contributed by atoms with van der Waals surface area (Å²) in [6, 6.07) is 0. The molecule has 0 aromatic carbocycles. The molecule has 0 saturated heterocycles. The molecule has 0 rings (SSSR count). The van der Waals surface area contributed by atoms with E-state index in [1.54, 1.807) is 25.2 Å². The van der Waals surface area contributed by atoms with Crippen molar-refractivity contribution in [3.8, 4) is 0 Å². The Morgan fingerprint density at radius 2 is 1.92 bits per heavy atom. The van der Waals surface area contributed by atoms with Crippen LogP contribution in [0.5, 0.6) is 0 Å². The van der Waals surface area contributed by atoms with E-state index in [1.807, 2.05) is 20.8 Å². The maximum absolute atomic E-state index is 10.4. The molecule has 0 saturated carbocycles. The molecule has 0 amide bonds. The highest BCUT2D eigenvalue weighted by Gasteiger charge is 1.99. The van der Waals surface area contributed by atoms with Gasteiger partial charge in [-0.15, -0.1) is 0 Å². The Labute approximate surface area is 74.6 Å². The molecule has 0 aromatic heterocycles. The number of carbonyl (C=O) groups is 1. The number of carboxylic acids is 1. The molecule has 0 aliphatic heterocycles. The van der Waals surface area contributed by atoms with Crippen LogP contribution in [0.15, 0.2) is 23.8 Å². The zero-order valence-electron chi connectivity index (χ0n) is 8.29. The number of rotatable bonds is 3. The summed E-state index contributed by atoms with van der Waals surface area (Å²) in [5, 5.41) is 8.52. The van der Waals surface area contributed by atoms with Crippen LogP contribution in [0.4, 0.5) is 0 Å². The van der Waals surface area contributed by atoms with Crippen molar-refractivity contribution in [2.24, 2.45) is 0 Å². The molecular formula is C10H18O2.